The quantitative estimate of drug-likeness (QED) is 0.128. The van der Waals surface area contributed by atoms with Crippen LogP contribution < -0.4 is 9.80 Å². The molecule has 0 heterocycles. The molecule has 0 atom stereocenters. The van der Waals surface area contributed by atoms with Crippen LogP contribution in [0.1, 0.15) is 47.9 Å². The van der Waals surface area contributed by atoms with E-state index in [-0.39, 0.29) is 0 Å². The van der Waals surface area contributed by atoms with Gasteiger partial charge in [-0.15, -0.1) is 0 Å². The number of hydrogen-bond acceptors (Lipinski definition) is 2. The molecule has 252 valence electrons. The van der Waals surface area contributed by atoms with Gasteiger partial charge >= 0.3 is 0 Å². The molecule has 2 nitrogen and oxygen atoms in total. The summed E-state index contributed by atoms with van der Waals surface area (Å²) in [4.78, 5) is 5.22. The van der Waals surface area contributed by atoms with Crippen molar-refractivity contribution < 1.29 is 0 Å². The first-order chi connectivity index (χ1) is 25.8. The molecule has 0 radical (unpaired) electrons. The fraction of sp³-hybridized carbons (Fsp3) is 0.160. The number of benzene rings is 8. The Kier molecular flexibility index (Phi) is 7.75. The van der Waals surface area contributed by atoms with Crippen LogP contribution in [0.5, 0.6) is 0 Å². The molecule has 0 unspecified atom stereocenters. The van der Waals surface area contributed by atoms with Crippen molar-refractivity contribution in [3.8, 4) is 0 Å². The Balaban J connectivity index is 1.28. The Morgan fingerprint density at radius 3 is 0.962 bits per heavy atom. The molecule has 8 aromatic carbocycles. The second-order valence-electron chi connectivity index (χ2n) is 14.5. The van der Waals surface area contributed by atoms with Gasteiger partial charge in [-0.3, -0.25) is 0 Å². The minimum atomic E-state index is 1.09. The van der Waals surface area contributed by atoms with Crippen LogP contribution in [0.25, 0.3) is 32.3 Å². The summed E-state index contributed by atoms with van der Waals surface area (Å²) in [6.07, 6.45) is 9.24. The number of para-hydroxylation sites is 3. The van der Waals surface area contributed by atoms with E-state index in [2.05, 4.69) is 168 Å². The summed E-state index contributed by atoms with van der Waals surface area (Å²) in [6, 6.07) is 58.4. The zero-order valence-corrected chi connectivity index (χ0v) is 29.6. The van der Waals surface area contributed by atoms with Crippen molar-refractivity contribution in [1.82, 2.24) is 0 Å². The predicted molar refractivity (Wildman–Crippen MR) is 222 cm³/mol. The second-order valence-corrected chi connectivity index (χ2v) is 14.5. The van der Waals surface area contributed by atoms with Crippen molar-refractivity contribution in [2.45, 2.75) is 51.4 Å². The van der Waals surface area contributed by atoms with Crippen molar-refractivity contribution >= 4 is 66.4 Å². The third kappa shape index (κ3) is 5.08. The van der Waals surface area contributed by atoms with E-state index in [4.69, 9.17) is 0 Å². The van der Waals surface area contributed by atoms with Crippen LogP contribution in [0.2, 0.25) is 0 Å². The fourth-order valence-electron chi connectivity index (χ4n) is 9.34. The highest BCUT2D eigenvalue weighted by Crippen LogP contribution is 2.52. The largest absolute Gasteiger partial charge is 0.310 e. The molecule has 0 saturated carbocycles. The normalized spacial score (nSPS) is 13.9. The maximum atomic E-state index is 2.64. The van der Waals surface area contributed by atoms with E-state index in [0.717, 1.165) is 25.7 Å². The van der Waals surface area contributed by atoms with Gasteiger partial charge in [-0.1, -0.05) is 109 Å². The lowest BCUT2D eigenvalue weighted by molar-refractivity contribution is 0.659. The number of rotatable bonds is 6. The molecular formula is C50H42N2. The molecule has 0 amide bonds. The van der Waals surface area contributed by atoms with E-state index in [9.17, 15) is 0 Å². The lowest BCUT2D eigenvalue weighted by atomic mass is 9.78. The van der Waals surface area contributed by atoms with Crippen LogP contribution in [0, 0.1) is 0 Å². The topological polar surface area (TPSA) is 6.48 Å². The molecular weight excluding hydrogens is 629 g/mol. The number of nitrogens with zero attached hydrogens (tertiary/aromatic N) is 2. The lowest BCUT2D eigenvalue weighted by Crippen LogP contribution is -2.25. The maximum Gasteiger partial charge on any atom is 0.0532 e. The summed E-state index contributed by atoms with van der Waals surface area (Å²) in [6.45, 7) is 0. The van der Waals surface area contributed by atoms with Gasteiger partial charge < -0.3 is 9.80 Å². The number of fused-ring (bicyclic) bond motifs is 8. The highest BCUT2D eigenvalue weighted by molar-refractivity contribution is 6.25. The summed E-state index contributed by atoms with van der Waals surface area (Å²) < 4.78 is 0. The molecule has 52 heavy (non-hydrogen) atoms. The highest BCUT2D eigenvalue weighted by atomic mass is 15.2. The first-order valence-electron chi connectivity index (χ1n) is 19.1. The van der Waals surface area contributed by atoms with Crippen LogP contribution >= 0.6 is 0 Å². The fourth-order valence-corrected chi connectivity index (χ4v) is 9.34. The first kappa shape index (κ1) is 30.9. The molecule has 8 aromatic rings. The van der Waals surface area contributed by atoms with Gasteiger partial charge in [0, 0.05) is 22.7 Å². The van der Waals surface area contributed by atoms with Gasteiger partial charge in [0.1, 0.15) is 0 Å². The van der Waals surface area contributed by atoms with Crippen molar-refractivity contribution in [3.05, 3.63) is 180 Å². The van der Waals surface area contributed by atoms with Crippen molar-refractivity contribution in [2.75, 3.05) is 9.80 Å². The van der Waals surface area contributed by atoms with Crippen molar-refractivity contribution in [1.29, 1.82) is 0 Å². The average molecular weight is 671 g/mol. The minimum absolute atomic E-state index is 1.09. The van der Waals surface area contributed by atoms with Gasteiger partial charge in [-0.2, -0.15) is 0 Å². The molecule has 2 heteroatoms. The molecule has 0 saturated heterocycles. The van der Waals surface area contributed by atoms with Crippen LogP contribution in [0.4, 0.5) is 34.1 Å². The van der Waals surface area contributed by atoms with Gasteiger partial charge in [0.15, 0.2) is 0 Å². The van der Waals surface area contributed by atoms with Gasteiger partial charge in [0.2, 0.25) is 0 Å². The van der Waals surface area contributed by atoms with Crippen LogP contribution in [-0.4, -0.2) is 0 Å². The molecule has 0 bridgehead atoms. The second kappa shape index (κ2) is 13.0. The molecule has 0 aliphatic heterocycles. The summed E-state index contributed by atoms with van der Waals surface area (Å²) >= 11 is 0. The van der Waals surface area contributed by atoms with E-state index in [1.54, 1.807) is 0 Å². The standard InChI is InChI=1S/C50H42N2/c1-4-18-35(19-5-1)51(36-20-6-2-7-21-36)49-44-28-14-16-30-46(44)50(47-31-17-15-29-45(47)49)52(37-22-8-3-9-23-37)38-32-33-43-41-26-11-10-24-39(41)40-25-12-13-27-42(40)48(43)34-38/h1-13,18-27,32-34H,14-17,28-31H2. The predicted octanol–water partition coefficient (Wildman–Crippen LogP) is 13.8. The van der Waals surface area contributed by atoms with Gasteiger partial charge in [0.05, 0.1) is 11.4 Å². The van der Waals surface area contributed by atoms with E-state index >= 15 is 0 Å². The zero-order chi connectivity index (χ0) is 34.4. The zero-order valence-electron chi connectivity index (χ0n) is 29.6. The Morgan fingerprint density at radius 1 is 0.269 bits per heavy atom. The van der Waals surface area contributed by atoms with Crippen molar-refractivity contribution in [3.63, 3.8) is 0 Å². The maximum absolute atomic E-state index is 2.64. The van der Waals surface area contributed by atoms with Crippen LogP contribution in [0.15, 0.2) is 158 Å². The van der Waals surface area contributed by atoms with Gasteiger partial charge in [0.25, 0.3) is 0 Å². The molecule has 0 fully saturated rings. The smallest absolute Gasteiger partial charge is 0.0532 e. The SMILES string of the molecule is c1ccc(N(c2ccccc2)c2c3c(c(N(c4ccccc4)c4ccc5c6ccccc6c6ccccc6c5c4)c4c2CCCC4)CCCC3)cc1. The Labute approximate surface area is 306 Å². The van der Waals surface area contributed by atoms with Crippen LogP contribution in [-0.2, 0) is 25.7 Å². The molecule has 0 aromatic heterocycles. The Morgan fingerprint density at radius 2 is 0.577 bits per heavy atom. The third-order valence-corrected chi connectivity index (χ3v) is 11.6. The monoisotopic (exact) mass is 670 g/mol. The molecule has 2 aliphatic rings. The third-order valence-electron chi connectivity index (χ3n) is 11.6. The Hall–Kier alpha value is -5.86. The summed E-state index contributed by atoms with van der Waals surface area (Å²) in [5.74, 6) is 0. The van der Waals surface area contributed by atoms with E-state index < -0.39 is 0 Å². The summed E-state index contributed by atoms with van der Waals surface area (Å²) in [7, 11) is 0. The molecule has 0 N–H and O–H groups in total. The van der Waals surface area contributed by atoms with Crippen LogP contribution in [0.3, 0.4) is 0 Å². The summed E-state index contributed by atoms with van der Waals surface area (Å²) in [5.41, 5.74) is 13.9. The minimum Gasteiger partial charge on any atom is -0.310 e. The lowest BCUT2D eigenvalue weighted by Gasteiger charge is -2.40. The van der Waals surface area contributed by atoms with E-state index in [0.29, 0.717) is 0 Å². The van der Waals surface area contributed by atoms with E-state index in [1.165, 1.54) is 114 Å². The average Bonchev–Trinajstić information content (AvgIpc) is 3.23. The molecule has 0 spiro atoms. The molecule has 10 rings (SSSR count). The van der Waals surface area contributed by atoms with E-state index in [1.807, 2.05) is 0 Å². The molecule has 2 aliphatic carbocycles. The van der Waals surface area contributed by atoms with Gasteiger partial charge in [-0.05, 0) is 154 Å². The first-order valence-corrected chi connectivity index (χ1v) is 19.1. The number of anilines is 6. The highest BCUT2D eigenvalue weighted by Gasteiger charge is 2.33. The van der Waals surface area contributed by atoms with Gasteiger partial charge in [-0.25, -0.2) is 0 Å². The summed E-state index contributed by atoms with van der Waals surface area (Å²) in [5, 5.41) is 7.88. The Bertz CT molecular complexity index is 2460. The number of hydrogen-bond donors (Lipinski definition) is 0. The van der Waals surface area contributed by atoms with Crippen molar-refractivity contribution in [2.24, 2.45) is 0 Å².